The Kier molecular flexibility index (Phi) is 7.50. The van der Waals surface area contributed by atoms with E-state index in [2.05, 4.69) is 34.3 Å². The molecule has 0 aromatic carbocycles. The monoisotopic (exact) mass is 492 g/mol. The highest BCUT2D eigenvalue weighted by atomic mass is 19.3. The minimum Gasteiger partial charge on any atom is -0.354 e. The third kappa shape index (κ3) is 4.28. The predicted molar refractivity (Wildman–Crippen MR) is 122 cm³/mol. The lowest BCUT2D eigenvalue weighted by atomic mass is 9.60. The lowest BCUT2D eigenvalue weighted by molar-refractivity contribution is -0.345. The molecule has 0 heterocycles. The van der Waals surface area contributed by atoms with Crippen molar-refractivity contribution in [3.63, 3.8) is 0 Å². The molecule has 3 aliphatic rings. The third-order valence-corrected chi connectivity index (χ3v) is 8.81. The van der Waals surface area contributed by atoms with Crippen LogP contribution in [-0.4, -0.2) is 29.0 Å². The summed E-state index contributed by atoms with van der Waals surface area (Å²) in [5.41, 5.74) is -1.54. The van der Waals surface area contributed by atoms with Crippen molar-refractivity contribution < 1.29 is 31.4 Å². The number of halogens is 6. The molecule has 3 rings (SSSR count). The average Bonchev–Trinajstić information content (AvgIpc) is 3.09. The molecule has 194 valence electrons. The zero-order valence-electron chi connectivity index (χ0n) is 20.6. The van der Waals surface area contributed by atoms with Crippen LogP contribution < -0.4 is 0 Å². The highest BCUT2D eigenvalue weighted by Crippen LogP contribution is 2.60. The number of hydrogen-bond donors (Lipinski definition) is 1. The Labute approximate surface area is 199 Å². The first-order chi connectivity index (χ1) is 15.6. The van der Waals surface area contributed by atoms with Crippen LogP contribution in [0.2, 0.25) is 0 Å². The molecule has 2 unspecified atom stereocenters. The van der Waals surface area contributed by atoms with Gasteiger partial charge in [-0.3, -0.25) is 0 Å². The quantitative estimate of drug-likeness (QED) is 0.369. The molecule has 6 atom stereocenters. The number of allylic oxidation sites excluding steroid dienone is 4. The summed E-state index contributed by atoms with van der Waals surface area (Å²) >= 11 is 0. The van der Waals surface area contributed by atoms with E-state index in [0.29, 0.717) is 24.2 Å². The fourth-order valence-corrected chi connectivity index (χ4v) is 6.75. The lowest BCUT2D eigenvalue weighted by Crippen LogP contribution is -2.65. The largest absolute Gasteiger partial charge is 0.374 e. The maximum absolute atomic E-state index is 14.6. The van der Waals surface area contributed by atoms with E-state index >= 15 is 0 Å². The van der Waals surface area contributed by atoms with Gasteiger partial charge in [-0.15, -0.1) is 0 Å². The summed E-state index contributed by atoms with van der Waals surface area (Å²) in [6.07, 6.45) is 7.19. The molecule has 0 aromatic heterocycles. The van der Waals surface area contributed by atoms with Crippen molar-refractivity contribution >= 4 is 0 Å². The number of alkyl halides is 6. The molecule has 0 amide bonds. The summed E-state index contributed by atoms with van der Waals surface area (Å²) in [4.78, 5) is 0. The second-order valence-electron chi connectivity index (χ2n) is 11.4. The Morgan fingerprint density at radius 3 is 2.32 bits per heavy atom. The van der Waals surface area contributed by atoms with Crippen molar-refractivity contribution in [1.29, 1.82) is 0 Å². The molecule has 0 spiro atoms. The van der Waals surface area contributed by atoms with Gasteiger partial charge in [0.1, 0.15) is 0 Å². The summed E-state index contributed by atoms with van der Waals surface area (Å²) in [6, 6.07) is 0. The van der Waals surface area contributed by atoms with E-state index in [-0.39, 0.29) is 11.3 Å². The number of fused-ring (bicyclic) bond motifs is 1. The van der Waals surface area contributed by atoms with Gasteiger partial charge in [0.15, 0.2) is 6.17 Å². The first-order valence-electron chi connectivity index (χ1n) is 12.5. The van der Waals surface area contributed by atoms with Crippen molar-refractivity contribution in [3.05, 3.63) is 35.5 Å². The Morgan fingerprint density at radius 1 is 1.06 bits per heavy atom. The molecule has 0 aliphatic heterocycles. The molecule has 0 bridgehead atoms. The molecule has 7 heteroatoms. The molecule has 3 aliphatic carbocycles. The van der Waals surface area contributed by atoms with Crippen LogP contribution in [0.25, 0.3) is 0 Å². The smallest absolute Gasteiger partial charge is 0.354 e. The van der Waals surface area contributed by atoms with E-state index in [1.165, 1.54) is 18.9 Å². The van der Waals surface area contributed by atoms with Crippen LogP contribution in [0.3, 0.4) is 0 Å². The molecule has 1 N–H and O–H groups in total. The van der Waals surface area contributed by atoms with E-state index in [0.717, 1.165) is 43.8 Å². The van der Waals surface area contributed by atoms with Gasteiger partial charge in [0.2, 0.25) is 0 Å². The van der Waals surface area contributed by atoms with E-state index in [1.54, 1.807) is 0 Å². The Morgan fingerprint density at radius 2 is 1.71 bits per heavy atom. The molecule has 1 nitrogen and oxygen atoms in total. The lowest BCUT2D eigenvalue weighted by Gasteiger charge is -2.44. The van der Waals surface area contributed by atoms with Gasteiger partial charge in [0.25, 0.3) is 0 Å². The van der Waals surface area contributed by atoms with Gasteiger partial charge in [-0.1, -0.05) is 71.3 Å². The minimum absolute atomic E-state index is 0.0241. The van der Waals surface area contributed by atoms with Crippen LogP contribution in [0, 0.1) is 29.1 Å². The van der Waals surface area contributed by atoms with Crippen LogP contribution >= 0.6 is 0 Å². The highest BCUT2D eigenvalue weighted by molar-refractivity contribution is 5.47. The first kappa shape index (κ1) is 27.3. The summed E-state index contributed by atoms with van der Waals surface area (Å²) in [7, 11) is 0. The van der Waals surface area contributed by atoms with Crippen molar-refractivity contribution in [2.24, 2.45) is 29.1 Å². The first-order valence-corrected chi connectivity index (χ1v) is 12.5. The fraction of sp³-hybridized carbons (Fsp3) is 0.778. The highest BCUT2D eigenvalue weighted by Gasteiger charge is 2.78. The van der Waals surface area contributed by atoms with Crippen LogP contribution in [-0.2, 0) is 0 Å². The van der Waals surface area contributed by atoms with Gasteiger partial charge in [-0.25, -0.2) is 8.78 Å². The maximum atomic E-state index is 14.6. The van der Waals surface area contributed by atoms with Gasteiger partial charge in [-0.05, 0) is 61.2 Å². The van der Waals surface area contributed by atoms with Crippen molar-refractivity contribution in [1.82, 2.24) is 0 Å². The molecule has 3 fully saturated rings. The molecule has 3 saturated carbocycles. The van der Waals surface area contributed by atoms with E-state index < -0.39 is 35.0 Å². The van der Waals surface area contributed by atoms with Crippen LogP contribution in [0.15, 0.2) is 35.5 Å². The maximum Gasteiger partial charge on any atom is 0.374 e. The Balaban J connectivity index is 1.85. The standard InChI is InChI=1S/C27H38F6O/c1-16(2)8-6-9-17(3)21-13-14-22-19(10-7-15-24(21,22)5)11-12-20-18(4)25(29,30)27(32,33)26(31,34)23(20)28/h11-12,16-17,21-23,34H,4,6-10,13-15H2,1-3,5H3/b19-11?,20-12+/t17-,21-,22?,23?,24-,26-/m1/s1. The molecule has 0 saturated heterocycles. The van der Waals surface area contributed by atoms with Gasteiger partial charge < -0.3 is 5.11 Å². The predicted octanol–water partition coefficient (Wildman–Crippen LogP) is 8.35. The average molecular weight is 493 g/mol. The number of rotatable bonds is 6. The van der Waals surface area contributed by atoms with Crippen molar-refractivity contribution in [2.75, 3.05) is 0 Å². The fourth-order valence-electron chi connectivity index (χ4n) is 6.75. The topological polar surface area (TPSA) is 20.2 Å². The molecular formula is C27H38F6O. The molecule has 0 radical (unpaired) electrons. The van der Waals surface area contributed by atoms with E-state index in [1.807, 2.05) is 0 Å². The van der Waals surface area contributed by atoms with Gasteiger partial charge in [0.05, 0.1) is 0 Å². The summed E-state index contributed by atoms with van der Waals surface area (Å²) in [5, 5.41) is 9.35. The van der Waals surface area contributed by atoms with Gasteiger partial charge in [0, 0.05) is 11.1 Å². The summed E-state index contributed by atoms with van der Waals surface area (Å²) < 4.78 is 84.6. The second kappa shape index (κ2) is 9.33. The third-order valence-electron chi connectivity index (χ3n) is 8.81. The molecule has 0 aromatic rings. The zero-order valence-corrected chi connectivity index (χ0v) is 20.6. The second-order valence-corrected chi connectivity index (χ2v) is 11.4. The van der Waals surface area contributed by atoms with E-state index in [9.17, 15) is 31.4 Å². The van der Waals surface area contributed by atoms with Crippen LogP contribution in [0.5, 0.6) is 0 Å². The number of hydrogen-bond acceptors (Lipinski definition) is 1. The zero-order chi connectivity index (χ0) is 25.7. The van der Waals surface area contributed by atoms with Crippen molar-refractivity contribution in [3.8, 4) is 0 Å². The van der Waals surface area contributed by atoms with Gasteiger partial charge in [-0.2, -0.15) is 17.6 Å². The van der Waals surface area contributed by atoms with Gasteiger partial charge >= 0.3 is 17.7 Å². The molecule has 34 heavy (non-hydrogen) atoms. The summed E-state index contributed by atoms with van der Waals surface area (Å²) in [6.45, 7) is 11.9. The normalized spacial score (nSPS) is 40.7. The van der Waals surface area contributed by atoms with Crippen LogP contribution in [0.1, 0.15) is 79.1 Å². The van der Waals surface area contributed by atoms with Crippen molar-refractivity contribution in [2.45, 2.75) is 103 Å². The number of aliphatic hydroxyl groups is 1. The Hall–Kier alpha value is -1.24. The Bertz CT molecular complexity index is 842. The van der Waals surface area contributed by atoms with E-state index in [4.69, 9.17) is 0 Å². The SMILES string of the molecule is C=C1/C(=C\C=C2CCC[C@@]3(C)C2CC[C@@H]3[C@H](C)CCCC(C)C)C(F)[C@](O)(F)C(F)(F)C1(F)F. The summed E-state index contributed by atoms with van der Waals surface area (Å²) in [5.74, 6) is -13.8. The molecular weight excluding hydrogens is 454 g/mol. The minimum atomic E-state index is -5.62. The van der Waals surface area contributed by atoms with Crippen LogP contribution in [0.4, 0.5) is 26.3 Å².